The smallest absolute Gasteiger partial charge is 0.254 e. The largest absolute Gasteiger partial charge is 0.394 e. The fourth-order valence-electron chi connectivity index (χ4n) is 3.70. The molecule has 0 aliphatic carbocycles. The molecule has 0 bridgehead atoms. The van der Waals surface area contributed by atoms with Crippen molar-refractivity contribution in [3.8, 4) is 0 Å². The number of aliphatic hydroxyl groups is 3. The molecule has 0 aromatic rings. The van der Waals surface area contributed by atoms with Gasteiger partial charge in [-0.25, -0.2) is 0 Å². The van der Waals surface area contributed by atoms with Crippen LogP contribution in [0.5, 0.6) is 0 Å². The molecule has 1 rings (SSSR count). The Labute approximate surface area is 165 Å². The van der Waals surface area contributed by atoms with E-state index in [0.29, 0.717) is 19.6 Å². The summed E-state index contributed by atoms with van der Waals surface area (Å²) >= 11 is 0. The zero-order chi connectivity index (χ0) is 20.1. The third kappa shape index (κ3) is 7.26. The van der Waals surface area contributed by atoms with Crippen LogP contribution >= 0.6 is 0 Å². The summed E-state index contributed by atoms with van der Waals surface area (Å²) in [6.45, 7) is 7.08. The van der Waals surface area contributed by atoms with Gasteiger partial charge in [0.15, 0.2) is 0 Å². The highest BCUT2D eigenvalue weighted by Gasteiger charge is 2.57. The zero-order valence-corrected chi connectivity index (χ0v) is 17.5. The molecule has 1 aliphatic heterocycles. The molecule has 1 saturated heterocycles. The van der Waals surface area contributed by atoms with Crippen molar-refractivity contribution in [2.24, 2.45) is 0 Å². The second-order valence-corrected chi connectivity index (χ2v) is 7.54. The highest BCUT2D eigenvalue weighted by Crippen LogP contribution is 2.41. The first-order valence-corrected chi connectivity index (χ1v) is 10.8. The first-order valence-electron chi connectivity index (χ1n) is 10.8. The predicted octanol–water partition coefficient (Wildman–Crippen LogP) is 3.70. The van der Waals surface area contributed by atoms with E-state index in [1.807, 2.05) is 0 Å². The van der Waals surface area contributed by atoms with Crippen LogP contribution in [0.1, 0.15) is 85.0 Å². The molecule has 6 nitrogen and oxygen atoms in total. The lowest BCUT2D eigenvalue weighted by Crippen LogP contribution is -2.66. The van der Waals surface area contributed by atoms with E-state index in [0.717, 1.165) is 57.8 Å². The minimum absolute atomic E-state index is 0.300. The molecule has 0 unspecified atom stereocenters. The van der Waals surface area contributed by atoms with Crippen molar-refractivity contribution in [3.05, 3.63) is 6.29 Å². The predicted molar refractivity (Wildman–Crippen MR) is 105 cm³/mol. The van der Waals surface area contributed by atoms with Gasteiger partial charge in [0.05, 0.1) is 6.61 Å². The van der Waals surface area contributed by atoms with Crippen molar-refractivity contribution in [1.82, 2.24) is 0 Å². The molecular formula is C21H41O6. The van der Waals surface area contributed by atoms with Crippen molar-refractivity contribution < 1.29 is 29.5 Å². The van der Waals surface area contributed by atoms with Gasteiger partial charge < -0.3 is 29.5 Å². The zero-order valence-electron chi connectivity index (χ0n) is 17.5. The van der Waals surface area contributed by atoms with Gasteiger partial charge in [-0.3, -0.25) is 0 Å². The summed E-state index contributed by atoms with van der Waals surface area (Å²) in [4.78, 5) is 0. The second-order valence-electron chi connectivity index (χ2n) is 7.54. The molecule has 4 atom stereocenters. The van der Waals surface area contributed by atoms with Crippen molar-refractivity contribution in [3.63, 3.8) is 0 Å². The number of hydrogen-bond donors (Lipinski definition) is 3. The first kappa shape index (κ1) is 24.8. The van der Waals surface area contributed by atoms with Crippen LogP contribution in [0.2, 0.25) is 0 Å². The van der Waals surface area contributed by atoms with Gasteiger partial charge in [-0.05, 0) is 19.3 Å². The summed E-state index contributed by atoms with van der Waals surface area (Å²) in [5.41, 5.74) is -0.963. The van der Waals surface area contributed by atoms with Crippen LogP contribution in [-0.2, 0) is 14.2 Å². The van der Waals surface area contributed by atoms with Crippen LogP contribution in [-0.4, -0.2) is 59.1 Å². The summed E-state index contributed by atoms with van der Waals surface area (Å²) in [5.74, 6) is 0. The molecule has 27 heavy (non-hydrogen) atoms. The average Bonchev–Trinajstić information content (AvgIpc) is 2.67. The summed E-state index contributed by atoms with van der Waals surface area (Å²) < 4.78 is 17.8. The third-order valence-corrected chi connectivity index (χ3v) is 5.33. The van der Waals surface area contributed by atoms with Gasteiger partial charge in [-0.15, -0.1) is 0 Å². The molecule has 0 aromatic carbocycles. The molecule has 1 aliphatic rings. The van der Waals surface area contributed by atoms with Crippen LogP contribution in [0.4, 0.5) is 0 Å². The van der Waals surface area contributed by atoms with Crippen molar-refractivity contribution in [2.75, 3.05) is 19.8 Å². The average molecular weight is 390 g/mol. The van der Waals surface area contributed by atoms with Crippen LogP contribution in [0.3, 0.4) is 0 Å². The van der Waals surface area contributed by atoms with Gasteiger partial charge in [0.25, 0.3) is 6.29 Å². The lowest BCUT2D eigenvalue weighted by molar-refractivity contribution is -0.301. The fraction of sp³-hybridized carbons (Fsp3) is 0.952. The third-order valence-electron chi connectivity index (χ3n) is 5.33. The van der Waals surface area contributed by atoms with E-state index >= 15 is 0 Å². The van der Waals surface area contributed by atoms with E-state index in [-0.39, 0.29) is 6.61 Å². The number of ether oxygens (including phenoxy) is 3. The van der Waals surface area contributed by atoms with Gasteiger partial charge in [0.2, 0.25) is 0 Å². The highest BCUT2D eigenvalue weighted by atomic mass is 16.7. The summed E-state index contributed by atoms with van der Waals surface area (Å²) in [7, 11) is 0. The first-order chi connectivity index (χ1) is 13.1. The van der Waals surface area contributed by atoms with Crippen LogP contribution in [0.15, 0.2) is 0 Å². The number of rotatable bonds is 15. The Morgan fingerprint density at radius 3 is 2.11 bits per heavy atom. The Morgan fingerprint density at radius 2 is 1.52 bits per heavy atom. The second kappa shape index (κ2) is 13.9. The molecular weight excluding hydrogens is 348 g/mol. The quantitative estimate of drug-likeness (QED) is 0.370. The molecule has 0 amide bonds. The van der Waals surface area contributed by atoms with E-state index in [4.69, 9.17) is 14.2 Å². The van der Waals surface area contributed by atoms with Crippen LogP contribution in [0.25, 0.3) is 0 Å². The van der Waals surface area contributed by atoms with E-state index < -0.39 is 30.2 Å². The molecule has 0 saturated carbocycles. The van der Waals surface area contributed by atoms with Crippen molar-refractivity contribution in [1.29, 1.82) is 0 Å². The molecule has 1 heterocycles. The maximum Gasteiger partial charge on any atom is 0.254 e. The molecule has 0 spiro atoms. The van der Waals surface area contributed by atoms with E-state index in [9.17, 15) is 15.3 Å². The SMILES string of the molecule is CCCCCO[C@@H]1[C@@H](O)[C](O)O[C@H](CO)[C@@]1(CCCCC)OCCCCC. The molecule has 6 heteroatoms. The van der Waals surface area contributed by atoms with Crippen molar-refractivity contribution >= 4 is 0 Å². The summed E-state index contributed by atoms with van der Waals surface area (Å²) in [6.07, 6.45) is 6.33. The number of unbranched alkanes of at least 4 members (excludes halogenated alkanes) is 6. The van der Waals surface area contributed by atoms with Gasteiger partial charge in [0.1, 0.15) is 23.9 Å². The topological polar surface area (TPSA) is 88.4 Å². The Morgan fingerprint density at radius 1 is 0.926 bits per heavy atom. The monoisotopic (exact) mass is 389 g/mol. The highest BCUT2D eigenvalue weighted by molar-refractivity contribution is 5.08. The molecule has 161 valence electrons. The van der Waals surface area contributed by atoms with Gasteiger partial charge in [-0.2, -0.15) is 0 Å². The number of hydrogen-bond acceptors (Lipinski definition) is 6. The van der Waals surface area contributed by atoms with E-state index in [2.05, 4.69) is 20.8 Å². The Bertz CT molecular complexity index is 367. The number of aliphatic hydroxyl groups excluding tert-OH is 3. The molecule has 1 fully saturated rings. The standard InChI is InChI=1S/C21H41O6/c1-4-7-10-13-21(26-15-12-9-6-3)17(16-22)27-20(24)18(23)19(21)25-14-11-8-5-2/h17-19,22-24H,4-16H2,1-3H3/t17-,18-,19-,21-/m1/s1. The fourth-order valence-corrected chi connectivity index (χ4v) is 3.70. The maximum atomic E-state index is 10.6. The molecule has 3 N–H and O–H groups in total. The minimum atomic E-state index is -1.28. The lowest BCUT2D eigenvalue weighted by atomic mass is 9.79. The molecule has 1 radical (unpaired) electrons. The van der Waals surface area contributed by atoms with Crippen LogP contribution in [0, 0.1) is 6.29 Å². The molecule has 0 aromatic heterocycles. The summed E-state index contributed by atoms with van der Waals surface area (Å²) in [5, 5.41) is 30.6. The Kier molecular flexibility index (Phi) is 12.7. The van der Waals surface area contributed by atoms with E-state index in [1.54, 1.807) is 0 Å². The minimum Gasteiger partial charge on any atom is -0.394 e. The van der Waals surface area contributed by atoms with Gasteiger partial charge in [0, 0.05) is 13.2 Å². The lowest BCUT2D eigenvalue weighted by Gasteiger charge is -2.51. The Balaban J connectivity index is 3.01. The van der Waals surface area contributed by atoms with E-state index in [1.165, 1.54) is 0 Å². The Hall–Kier alpha value is -0.240. The summed E-state index contributed by atoms with van der Waals surface area (Å²) in [6, 6.07) is 0. The normalized spacial score (nSPS) is 29.3. The van der Waals surface area contributed by atoms with Gasteiger partial charge >= 0.3 is 0 Å². The van der Waals surface area contributed by atoms with Crippen molar-refractivity contribution in [2.45, 2.75) is 109 Å². The maximum absolute atomic E-state index is 10.6. The van der Waals surface area contributed by atoms with Crippen LogP contribution < -0.4 is 0 Å². The van der Waals surface area contributed by atoms with Gasteiger partial charge in [-0.1, -0.05) is 65.7 Å².